The van der Waals surface area contributed by atoms with Crippen molar-refractivity contribution in [1.82, 2.24) is 19.6 Å². The van der Waals surface area contributed by atoms with E-state index in [2.05, 4.69) is 33.5 Å². The second kappa shape index (κ2) is 7.84. The van der Waals surface area contributed by atoms with Crippen LogP contribution >= 0.6 is 0 Å². The largest absolute Gasteiger partial charge is 0.542 e. The van der Waals surface area contributed by atoms with Gasteiger partial charge in [0.05, 0.1) is 11.4 Å². The van der Waals surface area contributed by atoms with Crippen LogP contribution in [-0.4, -0.2) is 25.9 Å². The Balaban J connectivity index is 0.00000182. The van der Waals surface area contributed by atoms with E-state index in [4.69, 9.17) is 0 Å². The first-order valence-electron chi connectivity index (χ1n) is 8.41. The second-order valence-electron chi connectivity index (χ2n) is 6.47. The summed E-state index contributed by atoms with van der Waals surface area (Å²) >= 11 is 0. The minimum absolute atomic E-state index is 0. The van der Waals surface area contributed by atoms with Crippen molar-refractivity contribution < 1.29 is 37.5 Å². The van der Waals surface area contributed by atoms with E-state index in [1.165, 1.54) is 0 Å². The van der Waals surface area contributed by atoms with Gasteiger partial charge in [0, 0.05) is 44.2 Å². The average molecular weight is 408 g/mol. The molecule has 0 N–H and O–H groups in total. The second-order valence-corrected chi connectivity index (χ2v) is 6.47. The first kappa shape index (κ1) is 18.3. The predicted molar refractivity (Wildman–Crippen MR) is 91.3 cm³/mol. The Morgan fingerprint density at radius 3 is 2.76 bits per heavy atom. The van der Waals surface area contributed by atoms with Crippen molar-refractivity contribution in [2.45, 2.75) is 38.5 Å². The minimum Gasteiger partial charge on any atom is -0.542 e. The number of nitrogens with zero attached hydrogens (tertiary/aromatic N) is 4. The maximum Gasteiger partial charge on any atom is 0.252 e. The van der Waals surface area contributed by atoms with Crippen LogP contribution in [-0.2, 0) is 37.5 Å². The predicted octanol–water partition coefficient (Wildman–Crippen LogP) is 3.48. The van der Waals surface area contributed by atoms with Crippen LogP contribution in [0.2, 0.25) is 0 Å². The Hall–Kier alpha value is -1.46. The molecule has 4 rings (SSSR count). The van der Waals surface area contributed by atoms with Crippen LogP contribution in [0.5, 0.6) is 0 Å². The summed E-state index contributed by atoms with van der Waals surface area (Å²) in [7, 11) is 0. The van der Waals surface area contributed by atoms with Crippen molar-refractivity contribution in [3.05, 3.63) is 48.0 Å². The molecule has 25 heavy (non-hydrogen) atoms. The maximum absolute atomic E-state index is 11.2. The van der Waals surface area contributed by atoms with Crippen LogP contribution in [0.3, 0.4) is 0 Å². The normalized spacial score (nSPS) is 20.2. The summed E-state index contributed by atoms with van der Waals surface area (Å²) in [4.78, 5) is 20.1. The van der Waals surface area contributed by atoms with Crippen molar-refractivity contribution in [1.29, 1.82) is 0 Å². The molecule has 125 valence electrons. The molecule has 2 atom stereocenters. The van der Waals surface area contributed by atoms with E-state index >= 15 is 0 Å². The fraction of sp³-hybridized carbons (Fsp3) is 0.368. The summed E-state index contributed by atoms with van der Waals surface area (Å²) in [6.07, 6.45) is 7.60. The van der Waals surface area contributed by atoms with Crippen LogP contribution < -0.4 is 0 Å². The molecule has 1 fully saturated rings. The van der Waals surface area contributed by atoms with Crippen LogP contribution in [0.15, 0.2) is 36.7 Å². The van der Waals surface area contributed by atoms with Gasteiger partial charge in [-0.2, -0.15) is 10.1 Å². The van der Waals surface area contributed by atoms with E-state index in [-0.39, 0.29) is 44.5 Å². The van der Waals surface area contributed by atoms with Crippen LogP contribution in [0, 0.1) is 12.8 Å². The summed E-state index contributed by atoms with van der Waals surface area (Å²) in [5.74, 6) is 0.908. The van der Waals surface area contributed by atoms with E-state index < -0.39 is 0 Å². The minimum atomic E-state index is 0. The van der Waals surface area contributed by atoms with E-state index in [1.54, 1.807) is 6.33 Å². The number of benzene rings is 1. The van der Waals surface area contributed by atoms with Crippen LogP contribution in [0.1, 0.15) is 43.0 Å². The Bertz CT molecular complexity index is 878. The molecular formula is C19H19N4OY-. The summed E-state index contributed by atoms with van der Waals surface area (Å²) < 4.78 is 1.85. The molecule has 1 unspecified atom stereocenters. The first-order chi connectivity index (χ1) is 11.8. The Morgan fingerprint density at radius 1 is 1.20 bits per heavy atom. The van der Waals surface area contributed by atoms with Gasteiger partial charge in [-0.3, -0.25) is 6.29 Å². The van der Waals surface area contributed by atoms with Crippen molar-refractivity contribution >= 4 is 12.1 Å². The molecule has 0 bridgehead atoms. The number of fused-ring (bicyclic) bond motifs is 1. The topological polar surface area (TPSA) is 60.1 Å². The molecule has 1 radical (unpaired) electrons. The quantitative estimate of drug-likeness (QED) is 0.623. The van der Waals surface area contributed by atoms with Gasteiger partial charge in [-0.1, -0.05) is 49.6 Å². The monoisotopic (exact) mass is 408 g/mol. The van der Waals surface area contributed by atoms with Gasteiger partial charge < -0.3 is 4.79 Å². The maximum atomic E-state index is 11.2. The average Bonchev–Trinajstić information content (AvgIpc) is 3.09. The summed E-state index contributed by atoms with van der Waals surface area (Å²) in [5, 5.41) is 4.42. The summed E-state index contributed by atoms with van der Waals surface area (Å²) in [5.41, 5.74) is 4.33. The molecule has 1 aromatic carbocycles. The van der Waals surface area contributed by atoms with Crippen molar-refractivity contribution in [2.75, 3.05) is 0 Å². The van der Waals surface area contributed by atoms with Gasteiger partial charge in [-0.25, -0.2) is 9.50 Å². The molecule has 5 nitrogen and oxygen atoms in total. The molecule has 2 aromatic heterocycles. The van der Waals surface area contributed by atoms with Gasteiger partial charge in [-0.05, 0) is 18.9 Å². The van der Waals surface area contributed by atoms with Crippen molar-refractivity contribution in [2.24, 2.45) is 5.92 Å². The van der Waals surface area contributed by atoms with E-state index in [0.717, 1.165) is 48.2 Å². The van der Waals surface area contributed by atoms with Gasteiger partial charge in [0.1, 0.15) is 6.33 Å². The number of aromatic nitrogens is 4. The van der Waals surface area contributed by atoms with Crippen LogP contribution in [0.25, 0.3) is 16.9 Å². The third kappa shape index (κ3) is 3.45. The molecule has 0 amide bonds. The summed E-state index contributed by atoms with van der Waals surface area (Å²) in [6, 6.07) is 10.3. The fourth-order valence-corrected chi connectivity index (χ4v) is 3.86. The summed E-state index contributed by atoms with van der Waals surface area (Å²) in [6.45, 7) is 2.02. The molecule has 3 aromatic rings. The zero-order chi connectivity index (χ0) is 16.5. The molecule has 6 heteroatoms. The van der Waals surface area contributed by atoms with Crippen molar-refractivity contribution in [3.63, 3.8) is 0 Å². The smallest absolute Gasteiger partial charge is 0.252 e. The molecule has 1 saturated carbocycles. The van der Waals surface area contributed by atoms with E-state index in [9.17, 15) is 4.79 Å². The standard InChI is InChI=1S/C19H19N4O.Y/c1-13-17(15-7-3-2-4-8-15)18(23-19(22-13)20-12-21-23)16-9-5-6-14(10-16)11-24;/h2-4,7-8,12,14,16H,5-6,9-10H2,1H3;/q-1;/t14-,16?;/m0./s1. The third-order valence-corrected chi connectivity index (χ3v) is 4.93. The molecular weight excluding hydrogens is 389 g/mol. The zero-order valence-electron chi connectivity index (χ0n) is 14.2. The van der Waals surface area contributed by atoms with Gasteiger partial charge in [0.2, 0.25) is 0 Å². The number of hydrogen-bond acceptors (Lipinski definition) is 4. The molecule has 2 heterocycles. The van der Waals surface area contributed by atoms with Crippen LogP contribution in [0.4, 0.5) is 0 Å². The van der Waals surface area contributed by atoms with Gasteiger partial charge in [0.15, 0.2) is 0 Å². The number of aryl methyl sites for hydroxylation is 1. The molecule has 1 aliphatic rings. The molecule has 0 saturated heterocycles. The molecule has 0 spiro atoms. The van der Waals surface area contributed by atoms with Gasteiger partial charge in [-0.15, -0.1) is 5.92 Å². The van der Waals surface area contributed by atoms with Gasteiger partial charge in [0.25, 0.3) is 5.78 Å². The SMILES string of the molecule is Cc1nc2ncnn2c(C2CCC[C@H]([C-]=O)C2)c1-c1ccccc1.[Y]. The molecule has 0 aliphatic heterocycles. The third-order valence-electron chi connectivity index (χ3n) is 4.93. The van der Waals surface area contributed by atoms with E-state index in [1.807, 2.05) is 29.6 Å². The molecule has 1 aliphatic carbocycles. The number of hydrogen-bond donors (Lipinski definition) is 0. The Kier molecular flexibility index (Phi) is 5.75. The fourth-order valence-electron chi connectivity index (χ4n) is 3.86. The Morgan fingerprint density at radius 2 is 2.00 bits per heavy atom. The number of rotatable bonds is 3. The van der Waals surface area contributed by atoms with Gasteiger partial charge >= 0.3 is 0 Å². The first-order valence-corrected chi connectivity index (χ1v) is 8.41. The van der Waals surface area contributed by atoms with Crippen molar-refractivity contribution in [3.8, 4) is 11.1 Å². The van der Waals surface area contributed by atoms with E-state index in [0.29, 0.717) is 5.78 Å². The Labute approximate surface area is 172 Å². The number of carbonyl (C=O) groups excluding carboxylic acids is 1. The zero-order valence-corrected chi connectivity index (χ0v) is 17.1.